The summed E-state index contributed by atoms with van der Waals surface area (Å²) in [5, 5.41) is 9.43. The SMILES string of the molecule is CNCC1CCN(C(=O)CCNC(=O)NC23CC4CC(CC(C4)C2)C3)C1.Cl. The van der Waals surface area contributed by atoms with Crippen LogP contribution in [-0.4, -0.2) is 55.6 Å². The first-order chi connectivity index (χ1) is 12.5. The Morgan fingerprint density at radius 3 is 2.30 bits per heavy atom. The number of carbonyl (C=O) groups excluding carboxylic acids is 2. The van der Waals surface area contributed by atoms with Crippen molar-refractivity contribution in [2.75, 3.05) is 33.2 Å². The number of amides is 3. The summed E-state index contributed by atoms with van der Waals surface area (Å²) < 4.78 is 0. The van der Waals surface area contributed by atoms with Crippen LogP contribution >= 0.6 is 12.4 Å². The third-order valence-electron chi connectivity index (χ3n) is 7.17. The minimum absolute atomic E-state index is 0. The van der Waals surface area contributed by atoms with Gasteiger partial charge in [0.1, 0.15) is 0 Å². The van der Waals surface area contributed by atoms with Crippen LogP contribution < -0.4 is 16.0 Å². The molecule has 1 aliphatic heterocycles. The molecule has 0 aromatic carbocycles. The zero-order chi connectivity index (χ0) is 18.1. The van der Waals surface area contributed by atoms with E-state index in [2.05, 4.69) is 16.0 Å². The van der Waals surface area contributed by atoms with E-state index >= 15 is 0 Å². The summed E-state index contributed by atoms with van der Waals surface area (Å²) in [6.07, 6.45) is 9.08. The van der Waals surface area contributed by atoms with Gasteiger partial charge in [-0.1, -0.05) is 0 Å². The van der Waals surface area contributed by atoms with E-state index < -0.39 is 0 Å². The third-order valence-corrected chi connectivity index (χ3v) is 7.17. The number of nitrogens with zero attached hydrogens (tertiary/aromatic N) is 1. The van der Waals surface area contributed by atoms with Gasteiger partial charge in [0.2, 0.25) is 5.91 Å². The average Bonchev–Trinajstić information content (AvgIpc) is 3.02. The predicted octanol–water partition coefficient (Wildman–Crippen LogP) is 2.13. The van der Waals surface area contributed by atoms with Gasteiger partial charge in [0.25, 0.3) is 0 Å². The lowest BCUT2D eigenvalue weighted by molar-refractivity contribution is -0.130. The number of nitrogens with one attached hydrogen (secondary N) is 3. The summed E-state index contributed by atoms with van der Waals surface area (Å²) >= 11 is 0. The maximum absolute atomic E-state index is 12.4. The zero-order valence-corrected chi connectivity index (χ0v) is 17.3. The first-order valence-corrected chi connectivity index (χ1v) is 10.5. The van der Waals surface area contributed by atoms with Gasteiger partial charge in [0.15, 0.2) is 0 Å². The topological polar surface area (TPSA) is 73.5 Å². The first kappa shape index (κ1) is 20.7. The van der Waals surface area contributed by atoms with Gasteiger partial charge in [0.05, 0.1) is 0 Å². The molecule has 6 nitrogen and oxygen atoms in total. The van der Waals surface area contributed by atoms with Crippen LogP contribution in [0.2, 0.25) is 0 Å². The fourth-order valence-electron chi connectivity index (χ4n) is 6.50. The van der Waals surface area contributed by atoms with E-state index in [4.69, 9.17) is 0 Å². The van der Waals surface area contributed by atoms with Gasteiger partial charge in [-0.2, -0.15) is 0 Å². The second-order valence-electron chi connectivity index (χ2n) is 9.38. The molecule has 1 saturated heterocycles. The van der Waals surface area contributed by atoms with E-state index in [0.717, 1.165) is 63.1 Å². The van der Waals surface area contributed by atoms with Crippen LogP contribution in [0.25, 0.3) is 0 Å². The van der Waals surface area contributed by atoms with E-state index in [1.807, 2.05) is 11.9 Å². The van der Waals surface area contributed by atoms with Crippen LogP contribution in [0.5, 0.6) is 0 Å². The van der Waals surface area contributed by atoms with Gasteiger partial charge in [0, 0.05) is 31.6 Å². The normalized spacial score (nSPS) is 36.4. The highest BCUT2D eigenvalue weighted by Gasteiger charge is 2.51. The molecule has 154 valence electrons. The fraction of sp³-hybridized carbons (Fsp3) is 0.900. The van der Waals surface area contributed by atoms with Crippen molar-refractivity contribution in [3.63, 3.8) is 0 Å². The van der Waals surface area contributed by atoms with Gasteiger partial charge in [-0.25, -0.2) is 4.79 Å². The predicted molar refractivity (Wildman–Crippen MR) is 108 cm³/mol. The van der Waals surface area contributed by atoms with Gasteiger partial charge in [-0.3, -0.25) is 4.79 Å². The Morgan fingerprint density at radius 1 is 1.07 bits per heavy atom. The lowest BCUT2D eigenvalue weighted by Gasteiger charge is -2.56. The van der Waals surface area contributed by atoms with Gasteiger partial charge >= 0.3 is 6.03 Å². The van der Waals surface area contributed by atoms with Crippen molar-refractivity contribution < 1.29 is 9.59 Å². The molecular formula is C20H35ClN4O2. The van der Waals surface area contributed by atoms with Gasteiger partial charge in [-0.15, -0.1) is 12.4 Å². The molecule has 0 aromatic heterocycles. The number of carbonyl (C=O) groups is 2. The monoisotopic (exact) mass is 398 g/mol. The average molecular weight is 399 g/mol. The standard InChI is InChI=1S/C20H34N4O2.ClH/c1-21-12-14-3-5-24(13-14)18(25)2-4-22-19(26)23-20-9-15-6-16(10-20)8-17(7-15)11-20;/h14-17,21H,2-13H2,1H3,(H2,22,23,26);1H. The second-order valence-corrected chi connectivity index (χ2v) is 9.38. The summed E-state index contributed by atoms with van der Waals surface area (Å²) in [5.74, 6) is 3.20. The lowest BCUT2D eigenvalue weighted by atomic mass is 9.53. The molecular weight excluding hydrogens is 364 g/mol. The summed E-state index contributed by atoms with van der Waals surface area (Å²) in [6.45, 7) is 3.10. The molecule has 3 N–H and O–H groups in total. The van der Waals surface area contributed by atoms with Crippen LogP contribution in [0.3, 0.4) is 0 Å². The van der Waals surface area contributed by atoms with E-state index in [9.17, 15) is 9.59 Å². The van der Waals surface area contributed by atoms with Crippen LogP contribution in [0.15, 0.2) is 0 Å². The van der Waals surface area contributed by atoms with Gasteiger partial charge < -0.3 is 20.9 Å². The van der Waals surface area contributed by atoms with Crippen LogP contribution in [0.1, 0.15) is 51.4 Å². The van der Waals surface area contributed by atoms with Crippen LogP contribution in [0.4, 0.5) is 4.79 Å². The van der Waals surface area contributed by atoms with Crippen LogP contribution in [0, 0.1) is 23.7 Å². The molecule has 27 heavy (non-hydrogen) atoms. The van der Waals surface area contributed by atoms with Crippen molar-refractivity contribution in [3.8, 4) is 0 Å². The molecule has 4 bridgehead atoms. The maximum Gasteiger partial charge on any atom is 0.315 e. The molecule has 0 radical (unpaired) electrons. The fourth-order valence-corrected chi connectivity index (χ4v) is 6.50. The Balaban J connectivity index is 0.00000210. The molecule has 1 unspecified atom stereocenters. The Bertz CT molecular complexity index is 521. The largest absolute Gasteiger partial charge is 0.342 e. The van der Waals surface area contributed by atoms with Crippen molar-refractivity contribution in [3.05, 3.63) is 0 Å². The number of urea groups is 1. The molecule has 7 heteroatoms. The highest BCUT2D eigenvalue weighted by atomic mass is 35.5. The third kappa shape index (κ3) is 4.70. The van der Waals surface area contributed by atoms with Crippen molar-refractivity contribution in [2.24, 2.45) is 23.7 Å². The Kier molecular flexibility index (Phi) is 6.57. The molecule has 5 rings (SSSR count). The number of hydrogen-bond donors (Lipinski definition) is 3. The summed E-state index contributed by atoms with van der Waals surface area (Å²) in [5.41, 5.74) is 0.0398. The molecule has 0 spiro atoms. The van der Waals surface area contributed by atoms with Crippen molar-refractivity contribution in [1.82, 2.24) is 20.9 Å². The lowest BCUT2D eigenvalue weighted by Crippen LogP contribution is -2.61. The quantitative estimate of drug-likeness (QED) is 0.641. The van der Waals surface area contributed by atoms with E-state index in [-0.39, 0.29) is 29.9 Å². The summed E-state index contributed by atoms with van der Waals surface area (Å²) in [4.78, 5) is 26.7. The van der Waals surface area contributed by atoms with Crippen LogP contribution in [-0.2, 0) is 4.79 Å². The smallest absolute Gasteiger partial charge is 0.315 e. The van der Waals surface area contributed by atoms with Crippen molar-refractivity contribution in [1.29, 1.82) is 0 Å². The maximum atomic E-state index is 12.4. The van der Waals surface area contributed by atoms with E-state index in [1.165, 1.54) is 19.3 Å². The molecule has 5 aliphatic rings. The summed E-state index contributed by atoms with van der Waals surface area (Å²) in [7, 11) is 1.96. The first-order valence-electron chi connectivity index (χ1n) is 10.5. The van der Waals surface area contributed by atoms with Crippen molar-refractivity contribution >= 4 is 24.3 Å². The molecule has 1 heterocycles. The zero-order valence-electron chi connectivity index (χ0n) is 16.5. The second kappa shape index (κ2) is 8.56. The van der Waals surface area contributed by atoms with Gasteiger partial charge in [-0.05, 0) is 82.2 Å². The number of rotatable bonds is 6. The Labute approximate surface area is 169 Å². The highest BCUT2D eigenvalue weighted by Crippen LogP contribution is 2.55. The Morgan fingerprint density at radius 2 is 1.70 bits per heavy atom. The highest BCUT2D eigenvalue weighted by molar-refractivity contribution is 5.85. The molecule has 5 fully saturated rings. The number of halogens is 1. The van der Waals surface area contributed by atoms with Crippen molar-refractivity contribution in [2.45, 2.75) is 56.9 Å². The Hall–Kier alpha value is -1.01. The number of likely N-dealkylation sites (tertiary alicyclic amines) is 1. The molecule has 4 aliphatic carbocycles. The minimum atomic E-state index is -0.0748. The van der Waals surface area contributed by atoms with E-state index in [1.54, 1.807) is 0 Å². The molecule has 1 atom stereocenters. The minimum Gasteiger partial charge on any atom is -0.342 e. The van der Waals surface area contributed by atoms with E-state index in [0.29, 0.717) is 18.9 Å². The molecule has 4 saturated carbocycles. The molecule has 0 aromatic rings. The number of hydrogen-bond acceptors (Lipinski definition) is 3. The molecule has 3 amide bonds. The summed E-state index contributed by atoms with van der Waals surface area (Å²) in [6, 6.07) is -0.0748.